The van der Waals surface area contributed by atoms with Gasteiger partial charge in [0.05, 0.1) is 36.8 Å². The Morgan fingerprint density at radius 3 is 2.40 bits per heavy atom. The average Bonchev–Trinajstić information content (AvgIpc) is 3.43. The maximum absolute atomic E-state index is 12.1. The minimum atomic E-state index is -3.54. The second kappa shape index (κ2) is 10.9. The predicted octanol–water partition coefficient (Wildman–Crippen LogP) is 5.61. The number of hydrogen-bond acceptors (Lipinski definition) is 5. The summed E-state index contributed by atoms with van der Waals surface area (Å²) in [7, 11) is -2.03. The highest BCUT2D eigenvalue weighted by atomic mass is 32.2. The van der Waals surface area contributed by atoms with E-state index in [0.29, 0.717) is 16.5 Å². The predicted molar refractivity (Wildman–Crippen MR) is 164 cm³/mol. The van der Waals surface area contributed by atoms with Crippen LogP contribution < -0.4 is 19.7 Å². The second-order valence-corrected chi connectivity index (χ2v) is 12.1. The van der Waals surface area contributed by atoms with Gasteiger partial charge < -0.3 is 19.5 Å². The number of nitrogens with zero attached hydrogens (tertiary/aromatic N) is 3. The normalized spacial score (nSPS) is 17.1. The van der Waals surface area contributed by atoms with Gasteiger partial charge in [0.2, 0.25) is 10.0 Å². The monoisotopic (exact) mass is 575 g/mol. The van der Waals surface area contributed by atoms with Gasteiger partial charge in [0.25, 0.3) is 0 Å². The quantitative estimate of drug-likeness (QED) is 0.264. The van der Waals surface area contributed by atoms with E-state index in [9.17, 15) is 8.42 Å². The maximum Gasteiger partial charge on any atom is 0.229 e. The van der Waals surface area contributed by atoms with Gasteiger partial charge in [0.15, 0.2) is 5.11 Å². The molecule has 2 unspecified atom stereocenters. The molecule has 2 N–H and O–H groups in total. The van der Waals surface area contributed by atoms with E-state index in [2.05, 4.69) is 70.7 Å². The molecule has 2 aromatic heterocycles. The summed E-state index contributed by atoms with van der Waals surface area (Å²) in [6.07, 6.45) is 3.88. The topological polar surface area (TPSA) is 88.5 Å². The number of rotatable bonds is 8. The number of methoxy groups -OCH3 is 1. The molecule has 0 saturated carbocycles. The molecule has 2 atom stereocenters. The van der Waals surface area contributed by atoms with Crippen molar-refractivity contribution in [1.82, 2.24) is 14.9 Å². The van der Waals surface area contributed by atoms with Crippen molar-refractivity contribution in [3.05, 3.63) is 101 Å². The maximum atomic E-state index is 12.1. The zero-order valence-corrected chi connectivity index (χ0v) is 24.8. The highest BCUT2D eigenvalue weighted by Crippen LogP contribution is 2.45. The van der Waals surface area contributed by atoms with Crippen LogP contribution in [0.3, 0.4) is 0 Å². The lowest BCUT2D eigenvalue weighted by Gasteiger charge is -2.29. The van der Waals surface area contributed by atoms with Crippen LogP contribution in [0.4, 0.5) is 11.4 Å². The van der Waals surface area contributed by atoms with Crippen molar-refractivity contribution >= 4 is 38.7 Å². The van der Waals surface area contributed by atoms with Crippen LogP contribution in [0.25, 0.3) is 5.69 Å². The molecule has 0 amide bonds. The Kier molecular flexibility index (Phi) is 7.57. The first-order chi connectivity index (χ1) is 19.1. The van der Waals surface area contributed by atoms with Crippen LogP contribution >= 0.6 is 12.2 Å². The number of hydrogen-bond donors (Lipinski definition) is 2. The number of benzene rings is 2. The van der Waals surface area contributed by atoms with Gasteiger partial charge in [-0.25, -0.2) is 8.42 Å². The number of ether oxygens (including phenoxy) is 1. The van der Waals surface area contributed by atoms with Crippen LogP contribution in [-0.2, 0) is 16.4 Å². The van der Waals surface area contributed by atoms with E-state index in [1.165, 1.54) is 12.7 Å². The first kappa shape index (κ1) is 27.7. The summed E-state index contributed by atoms with van der Waals surface area (Å²) in [6.45, 7) is 6.37. The Bertz CT molecular complexity index is 1650. The highest BCUT2D eigenvalue weighted by molar-refractivity contribution is 7.92. The molecule has 4 aromatic rings. The van der Waals surface area contributed by atoms with Crippen LogP contribution in [0.2, 0.25) is 0 Å². The van der Waals surface area contributed by atoms with E-state index in [0.717, 1.165) is 46.7 Å². The molecule has 0 bridgehead atoms. The Morgan fingerprint density at radius 1 is 1.05 bits per heavy atom. The number of nitrogens with one attached hydrogen (secondary N) is 2. The number of thiocarbonyl (C=S) groups is 1. The molecule has 208 valence electrons. The summed E-state index contributed by atoms with van der Waals surface area (Å²) in [4.78, 5) is 6.70. The molecule has 0 aliphatic carbocycles. The molecule has 2 aromatic carbocycles. The minimum absolute atomic E-state index is 0.237. The smallest absolute Gasteiger partial charge is 0.229 e. The summed E-state index contributed by atoms with van der Waals surface area (Å²) in [6, 6.07) is 21.6. The van der Waals surface area contributed by atoms with Crippen LogP contribution in [0.1, 0.15) is 47.2 Å². The Hall–Kier alpha value is -3.89. The van der Waals surface area contributed by atoms with E-state index in [1.807, 2.05) is 29.2 Å². The van der Waals surface area contributed by atoms with Crippen molar-refractivity contribution < 1.29 is 13.2 Å². The molecule has 1 saturated heterocycles. The van der Waals surface area contributed by atoms with E-state index in [1.54, 1.807) is 18.3 Å². The molecular weight excluding hydrogens is 542 g/mol. The number of sulfonamides is 1. The van der Waals surface area contributed by atoms with Crippen molar-refractivity contribution in [3.63, 3.8) is 0 Å². The number of aromatic nitrogens is 2. The van der Waals surface area contributed by atoms with Gasteiger partial charge in [-0.05, 0) is 92.1 Å². The largest absolute Gasteiger partial charge is 0.495 e. The third-order valence-electron chi connectivity index (χ3n) is 7.25. The van der Waals surface area contributed by atoms with E-state index in [4.69, 9.17) is 17.0 Å². The van der Waals surface area contributed by atoms with Gasteiger partial charge >= 0.3 is 0 Å². The second-order valence-electron chi connectivity index (χ2n) is 9.94. The fourth-order valence-electron chi connectivity index (χ4n) is 5.44. The lowest BCUT2D eigenvalue weighted by atomic mass is 9.96. The lowest BCUT2D eigenvalue weighted by molar-refractivity contribution is 0.417. The Labute approximate surface area is 241 Å². The third kappa shape index (κ3) is 5.29. The van der Waals surface area contributed by atoms with Gasteiger partial charge in [0, 0.05) is 29.0 Å². The molecule has 10 heteroatoms. The highest BCUT2D eigenvalue weighted by Gasteiger charge is 2.42. The Morgan fingerprint density at radius 2 is 1.77 bits per heavy atom. The van der Waals surface area contributed by atoms with Crippen LogP contribution in [0.5, 0.6) is 5.75 Å². The Balaban J connectivity index is 1.67. The molecule has 40 heavy (non-hydrogen) atoms. The standard InChI is InChI=1S/C30H33N5O3S2/c1-6-21-10-12-22(13-11-21)34-19(2)17-24(20(34)3)29-28(25-9-7-8-16-31-25)32-30(39)35(29)23-14-15-27(38-4)26(18-23)33-40(5,36)37/h7-18,28-29,33H,6H2,1-5H3,(H,32,39). The molecule has 1 fully saturated rings. The summed E-state index contributed by atoms with van der Waals surface area (Å²) in [5, 5.41) is 4.01. The molecule has 0 spiro atoms. The molecule has 5 rings (SSSR count). The van der Waals surface area contributed by atoms with E-state index >= 15 is 0 Å². The first-order valence-electron chi connectivity index (χ1n) is 13.1. The van der Waals surface area contributed by atoms with Crippen LogP contribution in [0, 0.1) is 13.8 Å². The summed E-state index contributed by atoms with van der Waals surface area (Å²) in [5.41, 5.74) is 7.59. The van der Waals surface area contributed by atoms with Crippen molar-refractivity contribution in [1.29, 1.82) is 0 Å². The van der Waals surface area contributed by atoms with Crippen LogP contribution in [-0.4, -0.2) is 36.4 Å². The summed E-state index contributed by atoms with van der Waals surface area (Å²) >= 11 is 5.91. The van der Waals surface area contributed by atoms with Crippen LogP contribution in [0.15, 0.2) is 72.9 Å². The molecular formula is C30H33N5O3S2. The SMILES string of the molecule is CCc1ccc(-n2c(C)cc(C3C(c4ccccn4)NC(=S)N3c3ccc(OC)c(NS(C)(=O)=O)c3)c2C)cc1. The van der Waals surface area contributed by atoms with Crippen molar-refractivity contribution in [2.45, 2.75) is 39.3 Å². The number of anilines is 2. The molecule has 3 heterocycles. The zero-order chi connectivity index (χ0) is 28.6. The van der Waals surface area contributed by atoms with Crippen molar-refractivity contribution in [2.75, 3.05) is 23.0 Å². The van der Waals surface area contributed by atoms with Crippen molar-refractivity contribution in [2.24, 2.45) is 0 Å². The lowest BCUT2D eigenvalue weighted by Crippen LogP contribution is -2.29. The van der Waals surface area contributed by atoms with E-state index < -0.39 is 10.0 Å². The summed E-state index contributed by atoms with van der Waals surface area (Å²) in [5.74, 6) is 0.416. The summed E-state index contributed by atoms with van der Waals surface area (Å²) < 4.78 is 34.5. The van der Waals surface area contributed by atoms with Gasteiger partial charge in [-0.1, -0.05) is 25.1 Å². The first-order valence-corrected chi connectivity index (χ1v) is 15.4. The average molecular weight is 576 g/mol. The fourth-order valence-corrected chi connectivity index (χ4v) is 6.34. The fraction of sp³-hybridized carbons (Fsp3) is 0.267. The van der Waals surface area contributed by atoms with Gasteiger partial charge in [0.1, 0.15) is 5.75 Å². The van der Waals surface area contributed by atoms with E-state index in [-0.39, 0.29) is 12.1 Å². The van der Waals surface area contributed by atoms with Crippen molar-refractivity contribution in [3.8, 4) is 11.4 Å². The van der Waals surface area contributed by atoms with Gasteiger partial charge in [-0.2, -0.15) is 0 Å². The molecule has 1 aliphatic rings. The molecule has 8 nitrogen and oxygen atoms in total. The third-order valence-corrected chi connectivity index (χ3v) is 8.15. The minimum Gasteiger partial charge on any atom is -0.495 e. The zero-order valence-electron chi connectivity index (χ0n) is 23.2. The number of aryl methyl sites for hydroxylation is 2. The van der Waals surface area contributed by atoms with Gasteiger partial charge in [-0.3, -0.25) is 9.71 Å². The number of pyridine rings is 1. The molecule has 0 radical (unpaired) electrons. The van der Waals surface area contributed by atoms with Gasteiger partial charge in [-0.15, -0.1) is 0 Å². The molecule has 1 aliphatic heterocycles.